The lowest BCUT2D eigenvalue weighted by Gasteiger charge is -2.24. The highest BCUT2D eigenvalue weighted by Crippen LogP contribution is 2.29. The first-order valence-electron chi connectivity index (χ1n) is 10.2. The number of rotatable bonds is 7. The lowest BCUT2D eigenvalue weighted by Crippen LogP contribution is -2.38. The van der Waals surface area contributed by atoms with Gasteiger partial charge >= 0.3 is 0 Å². The number of hydrazone groups is 1. The summed E-state index contributed by atoms with van der Waals surface area (Å²) >= 11 is 0. The van der Waals surface area contributed by atoms with Crippen molar-refractivity contribution in [2.75, 3.05) is 13.6 Å². The first-order valence-corrected chi connectivity index (χ1v) is 10.2. The molecular formula is C24H30N4O2. The number of hydrogen-bond donors (Lipinski definition) is 2. The third-order valence-electron chi connectivity index (χ3n) is 5.30. The van der Waals surface area contributed by atoms with Gasteiger partial charge in [-0.2, -0.15) is 5.10 Å². The van der Waals surface area contributed by atoms with Gasteiger partial charge in [0, 0.05) is 37.5 Å². The number of aliphatic imine (C=N–C) groups is 1. The molecule has 0 bridgehead atoms. The summed E-state index contributed by atoms with van der Waals surface area (Å²) in [6, 6.07) is 12.3. The van der Waals surface area contributed by atoms with E-state index in [1.54, 1.807) is 32.0 Å². The van der Waals surface area contributed by atoms with Crippen molar-refractivity contribution in [1.29, 1.82) is 0 Å². The van der Waals surface area contributed by atoms with Gasteiger partial charge in [0.2, 0.25) is 0 Å². The van der Waals surface area contributed by atoms with Crippen LogP contribution in [0.5, 0.6) is 0 Å². The molecule has 0 atom stereocenters. The van der Waals surface area contributed by atoms with Crippen LogP contribution in [0.2, 0.25) is 0 Å². The van der Waals surface area contributed by atoms with E-state index in [1.807, 2.05) is 18.2 Å². The molecular weight excluding hydrogens is 376 g/mol. The van der Waals surface area contributed by atoms with Crippen LogP contribution in [0.15, 0.2) is 46.5 Å². The molecule has 0 unspecified atom stereocenters. The van der Waals surface area contributed by atoms with Gasteiger partial charge in [-0.25, -0.2) is 0 Å². The van der Waals surface area contributed by atoms with Gasteiger partial charge in [-0.15, -0.1) is 0 Å². The zero-order valence-corrected chi connectivity index (χ0v) is 18.1. The van der Waals surface area contributed by atoms with E-state index >= 15 is 0 Å². The fourth-order valence-electron chi connectivity index (χ4n) is 3.92. The number of β-amino-alcohol motifs (C(OH)–C–C–N with tert-alkyl or cyclic N) is 1. The Balaban J connectivity index is 1.85. The first-order chi connectivity index (χ1) is 14.3. The monoisotopic (exact) mass is 406 g/mol. The molecule has 158 valence electrons. The van der Waals surface area contributed by atoms with E-state index in [1.165, 1.54) is 5.56 Å². The fourth-order valence-corrected chi connectivity index (χ4v) is 3.92. The Bertz CT molecular complexity index is 986. The number of carbonyl (C=O) groups excluding carboxylic acids is 1. The molecule has 3 N–H and O–H groups in total. The number of benzene rings is 2. The van der Waals surface area contributed by atoms with Crippen LogP contribution in [-0.4, -0.2) is 47.0 Å². The van der Waals surface area contributed by atoms with Crippen molar-refractivity contribution in [2.45, 2.75) is 45.8 Å². The van der Waals surface area contributed by atoms with Gasteiger partial charge in [0.05, 0.1) is 5.60 Å². The lowest BCUT2D eigenvalue weighted by molar-refractivity contribution is 0.0314. The fraction of sp³-hybridized carbons (Fsp3) is 0.375. The van der Waals surface area contributed by atoms with E-state index in [9.17, 15) is 9.90 Å². The number of fused-ring (bicyclic) bond motifs is 1. The first kappa shape index (κ1) is 21.7. The van der Waals surface area contributed by atoms with Gasteiger partial charge in [-0.1, -0.05) is 37.3 Å². The molecule has 0 aromatic heterocycles. The summed E-state index contributed by atoms with van der Waals surface area (Å²) in [5.74, 6) is 5.44. The maximum atomic E-state index is 12.9. The third-order valence-corrected chi connectivity index (χ3v) is 5.30. The van der Waals surface area contributed by atoms with Crippen molar-refractivity contribution < 1.29 is 9.90 Å². The second-order valence-corrected chi connectivity index (χ2v) is 8.38. The zero-order chi connectivity index (χ0) is 21.9. The van der Waals surface area contributed by atoms with Crippen LogP contribution in [0.25, 0.3) is 0 Å². The van der Waals surface area contributed by atoms with E-state index < -0.39 is 5.60 Å². The maximum absolute atomic E-state index is 12.9. The molecule has 0 saturated heterocycles. The Morgan fingerprint density at radius 1 is 1.23 bits per heavy atom. The lowest BCUT2D eigenvalue weighted by atomic mass is 9.93. The molecule has 6 nitrogen and oxygen atoms in total. The van der Waals surface area contributed by atoms with Crippen LogP contribution in [-0.2, 0) is 19.4 Å². The van der Waals surface area contributed by atoms with Crippen LogP contribution in [0, 0.1) is 0 Å². The molecule has 0 fully saturated rings. The molecule has 1 aliphatic heterocycles. The molecule has 1 aliphatic rings. The molecule has 0 spiro atoms. The number of amides is 1. The number of hydrogen-bond acceptors (Lipinski definition) is 5. The predicted molar refractivity (Wildman–Crippen MR) is 121 cm³/mol. The van der Waals surface area contributed by atoms with Crippen LogP contribution in [0.3, 0.4) is 0 Å². The van der Waals surface area contributed by atoms with E-state index in [-0.39, 0.29) is 5.91 Å². The van der Waals surface area contributed by atoms with Gasteiger partial charge in [0.15, 0.2) is 0 Å². The Hall–Kier alpha value is -2.99. The molecule has 30 heavy (non-hydrogen) atoms. The Morgan fingerprint density at radius 2 is 1.93 bits per heavy atom. The van der Waals surface area contributed by atoms with E-state index in [0.717, 1.165) is 40.7 Å². The van der Waals surface area contributed by atoms with Crippen LogP contribution >= 0.6 is 0 Å². The highest BCUT2D eigenvalue weighted by molar-refractivity contribution is 6.38. The minimum atomic E-state index is -0.913. The average Bonchev–Trinajstić information content (AvgIpc) is 2.99. The molecule has 1 heterocycles. The minimum absolute atomic E-state index is 0.00553. The predicted octanol–water partition coefficient (Wildman–Crippen LogP) is 2.93. The maximum Gasteiger partial charge on any atom is 0.254 e. The highest BCUT2D eigenvalue weighted by atomic mass is 16.3. The summed E-state index contributed by atoms with van der Waals surface area (Å²) < 4.78 is 0. The molecule has 0 saturated carbocycles. The minimum Gasteiger partial charge on any atom is -0.389 e. The SMILES string of the molecule is CCc1cc2c(cc1Cc1ccc(C(C=NC)=NN)cc1)C(=O)N(CC(C)(C)O)C2. The number of nitrogens with zero attached hydrogens (tertiary/aromatic N) is 3. The average molecular weight is 407 g/mol. The smallest absolute Gasteiger partial charge is 0.254 e. The molecule has 1 amide bonds. The van der Waals surface area contributed by atoms with Crippen LogP contribution in [0.1, 0.15) is 58.9 Å². The van der Waals surface area contributed by atoms with Crippen LogP contribution < -0.4 is 5.84 Å². The van der Waals surface area contributed by atoms with Gasteiger partial charge in [0.25, 0.3) is 5.91 Å². The van der Waals surface area contributed by atoms with E-state index in [4.69, 9.17) is 5.84 Å². The summed E-state index contributed by atoms with van der Waals surface area (Å²) in [5, 5.41) is 13.9. The summed E-state index contributed by atoms with van der Waals surface area (Å²) in [6.07, 6.45) is 3.28. The standard InChI is InChI=1S/C24H30N4O2/c1-5-17-11-20-14-28(15-24(2,3)30)23(29)21(20)12-19(17)10-16-6-8-18(9-7-16)22(27-25)13-26-4/h6-9,11-13,30H,5,10,14-15,25H2,1-4H3. The van der Waals surface area contributed by atoms with Gasteiger partial charge < -0.3 is 15.8 Å². The van der Waals surface area contributed by atoms with Crippen molar-refractivity contribution in [3.8, 4) is 0 Å². The molecule has 3 rings (SSSR count). The summed E-state index contributed by atoms with van der Waals surface area (Å²) in [6.45, 7) is 6.46. The molecule has 2 aromatic rings. The summed E-state index contributed by atoms with van der Waals surface area (Å²) in [7, 11) is 1.68. The number of aryl methyl sites for hydroxylation is 1. The summed E-state index contributed by atoms with van der Waals surface area (Å²) in [4.78, 5) is 18.6. The third kappa shape index (κ3) is 4.76. The summed E-state index contributed by atoms with van der Waals surface area (Å²) in [5.41, 5.74) is 5.98. The molecule has 6 heteroatoms. The molecule has 2 aromatic carbocycles. The van der Waals surface area contributed by atoms with Gasteiger partial charge in [-0.05, 0) is 55.0 Å². The largest absolute Gasteiger partial charge is 0.389 e. The Morgan fingerprint density at radius 3 is 2.50 bits per heavy atom. The zero-order valence-electron chi connectivity index (χ0n) is 18.1. The normalized spacial score (nSPS) is 14.6. The second-order valence-electron chi connectivity index (χ2n) is 8.38. The Kier molecular flexibility index (Phi) is 6.37. The van der Waals surface area contributed by atoms with Gasteiger partial charge in [0.1, 0.15) is 5.71 Å². The Labute approximate surface area is 178 Å². The number of carbonyl (C=O) groups is 1. The number of nitrogens with two attached hydrogens (primary N) is 1. The van der Waals surface area contributed by atoms with Crippen molar-refractivity contribution >= 4 is 17.8 Å². The molecule has 0 radical (unpaired) electrons. The van der Waals surface area contributed by atoms with Crippen molar-refractivity contribution in [3.05, 3.63) is 69.8 Å². The highest BCUT2D eigenvalue weighted by Gasteiger charge is 2.31. The molecule has 0 aliphatic carbocycles. The van der Waals surface area contributed by atoms with Crippen molar-refractivity contribution in [1.82, 2.24) is 4.90 Å². The number of aliphatic hydroxyl groups is 1. The van der Waals surface area contributed by atoms with Crippen LogP contribution in [0.4, 0.5) is 0 Å². The second kappa shape index (κ2) is 8.79. The quantitative estimate of drug-likeness (QED) is 0.421. The van der Waals surface area contributed by atoms with Crippen molar-refractivity contribution in [2.24, 2.45) is 15.9 Å². The van der Waals surface area contributed by atoms with E-state index in [2.05, 4.69) is 35.2 Å². The van der Waals surface area contributed by atoms with Gasteiger partial charge in [-0.3, -0.25) is 9.79 Å². The van der Waals surface area contributed by atoms with Crippen molar-refractivity contribution in [3.63, 3.8) is 0 Å². The topological polar surface area (TPSA) is 91.3 Å². The van der Waals surface area contributed by atoms with E-state index in [0.29, 0.717) is 18.8 Å².